The maximum absolute atomic E-state index is 14.5. The predicted molar refractivity (Wildman–Crippen MR) is 143 cm³/mol. The number of aliphatic hydroxyl groups is 1. The summed E-state index contributed by atoms with van der Waals surface area (Å²) < 4.78 is 41.7. The molecule has 0 aliphatic carbocycles. The van der Waals surface area contributed by atoms with Crippen LogP contribution in [0.5, 0.6) is 5.75 Å². The van der Waals surface area contributed by atoms with Crippen LogP contribution in [0.2, 0.25) is 0 Å². The molecule has 3 amide bonds. The molecular weight excluding hydrogens is 539 g/mol. The molecule has 1 aliphatic rings. The van der Waals surface area contributed by atoms with Gasteiger partial charge in [0.25, 0.3) is 11.8 Å². The van der Waals surface area contributed by atoms with Crippen LogP contribution in [0.1, 0.15) is 33.5 Å². The summed E-state index contributed by atoms with van der Waals surface area (Å²) in [7, 11) is 0. The molecule has 1 saturated heterocycles. The zero-order valence-electron chi connectivity index (χ0n) is 22.2. The minimum Gasteiger partial charge on any atom is -0.508 e. The van der Waals surface area contributed by atoms with E-state index < -0.39 is 60.3 Å². The van der Waals surface area contributed by atoms with Crippen molar-refractivity contribution in [2.45, 2.75) is 50.7 Å². The number of aromatic hydroxyl groups is 1. The van der Waals surface area contributed by atoms with Crippen LogP contribution in [0.25, 0.3) is 0 Å². The third-order valence-electron chi connectivity index (χ3n) is 7.10. The Labute approximate surface area is 234 Å². The van der Waals surface area contributed by atoms with E-state index >= 15 is 0 Å². The first-order chi connectivity index (χ1) is 19.5. The van der Waals surface area contributed by atoms with Gasteiger partial charge in [0, 0.05) is 35.7 Å². The molecule has 1 aliphatic heterocycles. The van der Waals surface area contributed by atoms with Gasteiger partial charge in [-0.15, -0.1) is 0 Å². The Morgan fingerprint density at radius 2 is 1.78 bits per heavy atom. The molecule has 0 bridgehead atoms. The zero-order chi connectivity index (χ0) is 29.7. The van der Waals surface area contributed by atoms with E-state index in [-0.39, 0.29) is 36.3 Å². The maximum atomic E-state index is 14.5. The van der Waals surface area contributed by atoms with Gasteiger partial charge in [0.05, 0.1) is 12.6 Å². The quantitative estimate of drug-likeness (QED) is 0.316. The highest BCUT2D eigenvalue weighted by Crippen LogP contribution is 2.24. The van der Waals surface area contributed by atoms with Gasteiger partial charge in [-0.2, -0.15) is 0 Å². The molecule has 11 heteroatoms. The molecule has 0 radical (unpaired) electrons. The SMILES string of the molecule is Cc1c(O)cccc1C(=O)N[C@@H](Cc1ccccc1)[C@H](O)C(=O)N1C[C@@H](F)C[C@H]1C(=O)NCc1ccc(F)cc1F. The molecule has 4 rings (SSSR count). The number of likely N-dealkylation sites (tertiary alicyclic amines) is 1. The fourth-order valence-corrected chi connectivity index (χ4v) is 4.81. The van der Waals surface area contributed by atoms with Crippen molar-refractivity contribution >= 4 is 17.7 Å². The number of nitrogens with one attached hydrogen (secondary N) is 2. The van der Waals surface area contributed by atoms with Crippen LogP contribution in [0.15, 0.2) is 66.7 Å². The Morgan fingerprint density at radius 1 is 1.05 bits per heavy atom. The van der Waals surface area contributed by atoms with Gasteiger partial charge >= 0.3 is 0 Å². The Hall–Kier alpha value is -4.38. The van der Waals surface area contributed by atoms with E-state index in [4.69, 9.17) is 0 Å². The van der Waals surface area contributed by atoms with Crippen molar-refractivity contribution in [2.24, 2.45) is 0 Å². The van der Waals surface area contributed by atoms with Crippen LogP contribution in [-0.2, 0) is 22.6 Å². The second-order valence-electron chi connectivity index (χ2n) is 9.96. The van der Waals surface area contributed by atoms with E-state index in [1.165, 1.54) is 18.2 Å². The summed E-state index contributed by atoms with van der Waals surface area (Å²) >= 11 is 0. The second kappa shape index (κ2) is 12.9. The lowest BCUT2D eigenvalue weighted by atomic mass is 9.98. The summed E-state index contributed by atoms with van der Waals surface area (Å²) in [6.45, 7) is 0.764. The van der Waals surface area contributed by atoms with Crippen molar-refractivity contribution in [1.29, 1.82) is 0 Å². The number of carbonyl (C=O) groups excluding carboxylic acids is 3. The topological polar surface area (TPSA) is 119 Å². The maximum Gasteiger partial charge on any atom is 0.254 e. The number of hydrogen-bond donors (Lipinski definition) is 4. The van der Waals surface area contributed by atoms with Gasteiger partial charge in [-0.1, -0.05) is 42.5 Å². The number of alkyl halides is 1. The Bertz CT molecular complexity index is 1420. The van der Waals surface area contributed by atoms with Gasteiger partial charge in [-0.25, -0.2) is 13.2 Å². The highest BCUT2D eigenvalue weighted by Gasteiger charge is 2.43. The smallest absolute Gasteiger partial charge is 0.254 e. The van der Waals surface area contributed by atoms with E-state index in [2.05, 4.69) is 10.6 Å². The minimum atomic E-state index is -1.85. The molecule has 3 aromatic carbocycles. The summed E-state index contributed by atoms with van der Waals surface area (Å²) in [6.07, 6.45) is -3.72. The first kappa shape index (κ1) is 29.6. The summed E-state index contributed by atoms with van der Waals surface area (Å²) in [6, 6.07) is 13.5. The first-order valence-corrected chi connectivity index (χ1v) is 13.0. The summed E-state index contributed by atoms with van der Waals surface area (Å²) in [5.41, 5.74) is 1.13. The molecule has 3 aromatic rings. The highest BCUT2D eigenvalue weighted by molar-refractivity contribution is 5.97. The number of rotatable bonds is 9. The third kappa shape index (κ3) is 7.04. The molecule has 0 saturated carbocycles. The van der Waals surface area contributed by atoms with Gasteiger partial charge < -0.3 is 25.7 Å². The van der Waals surface area contributed by atoms with E-state index in [9.17, 15) is 37.8 Å². The van der Waals surface area contributed by atoms with Crippen molar-refractivity contribution in [1.82, 2.24) is 15.5 Å². The highest BCUT2D eigenvalue weighted by atomic mass is 19.1. The van der Waals surface area contributed by atoms with Gasteiger partial charge in [-0.3, -0.25) is 14.4 Å². The summed E-state index contributed by atoms with van der Waals surface area (Å²) in [5, 5.41) is 26.3. The van der Waals surface area contributed by atoms with E-state index in [0.29, 0.717) is 17.2 Å². The lowest BCUT2D eigenvalue weighted by Gasteiger charge is -2.30. The number of carbonyl (C=O) groups is 3. The van der Waals surface area contributed by atoms with Gasteiger partial charge in [0.1, 0.15) is 29.6 Å². The average molecular weight is 570 g/mol. The summed E-state index contributed by atoms with van der Waals surface area (Å²) in [5.74, 6) is -4.14. The second-order valence-corrected chi connectivity index (χ2v) is 9.96. The van der Waals surface area contributed by atoms with Crippen molar-refractivity contribution in [3.8, 4) is 5.75 Å². The first-order valence-electron chi connectivity index (χ1n) is 13.0. The third-order valence-corrected chi connectivity index (χ3v) is 7.10. The van der Waals surface area contributed by atoms with E-state index in [0.717, 1.165) is 17.0 Å². The molecule has 4 N–H and O–H groups in total. The molecule has 0 unspecified atom stereocenters. The Balaban J connectivity index is 1.52. The lowest BCUT2D eigenvalue weighted by Crippen LogP contribution is -2.55. The zero-order valence-corrected chi connectivity index (χ0v) is 22.2. The van der Waals surface area contributed by atoms with Crippen molar-refractivity contribution < 1.29 is 37.8 Å². The van der Waals surface area contributed by atoms with E-state index in [1.807, 2.05) is 0 Å². The monoisotopic (exact) mass is 569 g/mol. The van der Waals surface area contributed by atoms with Crippen LogP contribution in [-0.4, -0.2) is 63.7 Å². The van der Waals surface area contributed by atoms with Crippen LogP contribution >= 0.6 is 0 Å². The summed E-state index contributed by atoms with van der Waals surface area (Å²) in [4.78, 5) is 40.4. The number of phenols is 1. The van der Waals surface area contributed by atoms with Crippen molar-refractivity contribution in [3.05, 3.63) is 101 Å². The number of hydrogen-bond acceptors (Lipinski definition) is 5. The molecule has 8 nitrogen and oxygen atoms in total. The van der Waals surface area contributed by atoms with Crippen LogP contribution in [0.4, 0.5) is 13.2 Å². The van der Waals surface area contributed by atoms with Gasteiger partial charge in [0.15, 0.2) is 6.10 Å². The Kier molecular flexibility index (Phi) is 9.28. The van der Waals surface area contributed by atoms with Crippen LogP contribution in [0, 0.1) is 18.6 Å². The van der Waals surface area contributed by atoms with Crippen LogP contribution in [0.3, 0.4) is 0 Å². The van der Waals surface area contributed by atoms with Gasteiger partial charge in [-0.05, 0) is 37.1 Å². The number of nitrogens with zero attached hydrogens (tertiary/aromatic N) is 1. The van der Waals surface area contributed by atoms with Gasteiger partial charge in [0.2, 0.25) is 5.91 Å². The fraction of sp³-hybridized carbons (Fsp3) is 0.300. The molecule has 1 fully saturated rings. The standard InChI is InChI=1S/C30H30F3N3O5/c1-17-22(8-5-9-26(17)37)28(39)35-24(12-18-6-3-2-4-7-18)27(38)30(41)36-16-21(32)14-25(36)29(40)34-15-19-10-11-20(31)13-23(19)33/h2-11,13,21,24-25,27,37-38H,12,14-16H2,1H3,(H,34,40)(H,35,39)/t21-,24-,25-,27-/m0/s1. The number of amides is 3. The molecule has 0 spiro atoms. The number of benzene rings is 3. The average Bonchev–Trinajstić information content (AvgIpc) is 3.35. The predicted octanol–water partition coefficient (Wildman–Crippen LogP) is 2.94. The van der Waals surface area contributed by atoms with E-state index in [1.54, 1.807) is 37.3 Å². The molecule has 41 heavy (non-hydrogen) atoms. The molecule has 1 heterocycles. The normalized spacial score (nSPS) is 18.0. The molecule has 0 aromatic heterocycles. The Morgan fingerprint density at radius 3 is 2.49 bits per heavy atom. The largest absolute Gasteiger partial charge is 0.508 e. The number of phenolic OH excluding ortho intramolecular Hbond substituents is 1. The number of aliphatic hydroxyl groups excluding tert-OH is 1. The molecule has 216 valence electrons. The lowest BCUT2D eigenvalue weighted by molar-refractivity contribution is -0.146. The van der Waals surface area contributed by atoms with Crippen molar-refractivity contribution in [2.75, 3.05) is 6.54 Å². The fourth-order valence-electron chi connectivity index (χ4n) is 4.81. The van der Waals surface area contributed by atoms with Crippen molar-refractivity contribution in [3.63, 3.8) is 0 Å². The minimum absolute atomic E-state index is 0.000311. The number of halogens is 3. The molecular formula is C30H30F3N3O5. The molecule has 4 atom stereocenters. The van der Waals surface area contributed by atoms with Crippen LogP contribution < -0.4 is 10.6 Å².